The molecule has 0 radical (unpaired) electrons. The second-order valence-corrected chi connectivity index (χ2v) is 4.43. The van der Waals surface area contributed by atoms with E-state index in [2.05, 4.69) is 56.9 Å². The molecule has 0 amide bonds. The van der Waals surface area contributed by atoms with E-state index < -0.39 is 0 Å². The molecule has 0 atom stereocenters. The number of aryl methyl sites for hydroxylation is 1. The molecule has 1 nitrogen and oxygen atoms in total. The average molecular weight is 219 g/mol. The zero-order valence-electron chi connectivity index (χ0n) is 11.1. The highest BCUT2D eigenvalue weighted by molar-refractivity contribution is 5.20. The second-order valence-electron chi connectivity index (χ2n) is 4.43. The summed E-state index contributed by atoms with van der Waals surface area (Å²) < 4.78 is 0. The minimum absolute atomic E-state index is 0.780. The van der Waals surface area contributed by atoms with Crippen molar-refractivity contribution in [2.45, 2.75) is 33.7 Å². The van der Waals surface area contributed by atoms with Gasteiger partial charge in [0.25, 0.3) is 0 Å². The lowest BCUT2D eigenvalue weighted by Crippen LogP contribution is -2.04. The maximum atomic E-state index is 3.60. The molecule has 0 saturated heterocycles. The van der Waals surface area contributed by atoms with Crippen LogP contribution in [0.5, 0.6) is 0 Å². The van der Waals surface area contributed by atoms with Crippen LogP contribution in [0.15, 0.2) is 36.9 Å². The van der Waals surface area contributed by atoms with Crippen LogP contribution in [0.4, 0.5) is 0 Å². The number of hydrogen-bond donors (Lipinski definition) is 1. The van der Waals surface area contributed by atoms with Crippen molar-refractivity contribution in [3.05, 3.63) is 48.0 Å². The lowest BCUT2D eigenvalue weighted by atomic mass is 10.1. The fourth-order valence-electron chi connectivity index (χ4n) is 1.24. The Morgan fingerprint density at radius 2 is 1.81 bits per heavy atom. The third kappa shape index (κ3) is 8.25. The van der Waals surface area contributed by atoms with E-state index in [-0.39, 0.29) is 0 Å². The molecule has 0 bridgehead atoms. The van der Waals surface area contributed by atoms with E-state index in [1.807, 2.05) is 13.1 Å². The van der Waals surface area contributed by atoms with Gasteiger partial charge in [0.2, 0.25) is 0 Å². The maximum absolute atomic E-state index is 3.60. The normalized spacial score (nSPS) is 9.56. The van der Waals surface area contributed by atoms with Gasteiger partial charge in [-0.25, -0.2) is 0 Å². The minimum Gasteiger partial charge on any atom is -0.316 e. The van der Waals surface area contributed by atoms with Crippen molar-refractivity contribution in [1.29, 1.82) is 0 Å². The number of rotatable bonds is 4. The summed E-state index contributed by atoms with van der Waals surface area (Å²) in [5, 5.41) is 3.10. The molecular formula is C15H25N. The van der Waals surface area contributed by atoms with Crippen molar-refractivity contribution in [2.75, 3.05) is 7.05 Å². The highest BCUT2D eigenvalue weighted by Gasteiger charge is 1.87. The van der Waals surface area contributed by atoms with Crippen LogP contribution in [0.25, 0.3) is 0 Å². The molecule has 1 rings (SSSR count). The predicted molar refractivity (Wildman–Crippen MR) is 73.6 cm³/mol. The van der Waals surface area contributed by atoms with Gasteiger partial charge >= 0.3 is 0 Å². The lowest BCUT2D eigenvalue weighted by Gasteiger charge is -1.98. The topological polar surface area (TPSA) is 12.0 Å². The first-order valence-corrected chi connectivity index (χ1v) is 5.91. The van der Waals surface area contributed by atoms with Gasteiger partial charge < -0.3 is 5.32 Å². The lowest BCUT2D eigenvalue weighted by molar-refractivity contribution is 0.664. The summed E-state index contributed by atoms with van der Waals surface area (Å²) in [4.78, 5) is 0. The summed E-state index contributed by atoms with van der Waals surface area (Å²) in [6.45, 7) is 11.0. The molecule has 1 heteroatoms. The summed E-state index contributed by atoms with van der Waals surface area (Å²) in [5.41, 5.74) is 2.66. The van der Waals surface area contributed by atoms with Crippen LogP contribution in [0.1, 0.15) is 31.4 Å². The van der Waals surface area contributed by atoms with Crippen molar-refractivity contribution in [1.82, 2.24) is 5.32 Å². The van der Waals surface area contributed by atoms with Gasteiger partial charge in [-0.05, 0) is 31.9 Å². The highest BCUT2D eigenvalue weighted by atomic mass is 14.8. The number of allylic oxidation sites excluding steroid dienone is 1. The molecule has 16 heavy (non-hydrogen) atoms. The zero-order chi connectivity index (χ0) is 12.4. The van der Waals surface area contributed by atoms with Gasteiger partial charge in [0.1, 0.15) is 0 Å². The van der Waals surface area contributed by atoms with Crippen LogP contribution >= 0.6 is 0 Å². The van der Waals surface area contributed by atoms with Gasteiger partial charge in [-0.1, -0.05) is 49.8 Å². The van der Waals surface area contributed by atoms with Gasteiger partial charge in [-0.15, -0.1) is 6.58 Å². The van der Waals surface area contributed by atoms with Gasteiger partial charge in [-0.3, -0.25) is 0 Å². The van der Waals surface area contributed by atoms with E-state index in [0.29, 0.717) is 0 Å². The minimum atomic E-state index is 0.780. The number of nitrogens with one attached hydrogen (secondary N) is 1. The van der Waals surface area contributed by atoms with Crippen molar-refractivity contribution in [2.24, 2.45) is 5.92 Å². The number of benzene rings is 1. The molecule has 90 valence electrons. The largest absolute Gasteiger partial charge is 0.316 e. The van der Waals surface area contributed by atoms with Crippen LogP contribution in [-0.2, 0) is 6.54 Å². The Bertz CT molecular complexity index is 272. The Labute approximate surface area is 101 Å². The Morgan fingerprint density at radius 3 is 2.12 bits per heavy atom. The van der Waals surface area contributed by atoms with Crippen LogP contribution in [0, 0.1) is 12.8 Å². The first-order chi connectivity index (χ1) is 7.60. The molecule has 0 aliphatic carbocycles. The second kappa shape index (κ2) is 9.17. The van der Waals surface area contributed by atoms with Crippen molar-refractivity contribution in [3.63, 3.8) is 0 Å². The molecule has 0 aliphatic heterocycles. The summed E-state index contributed by atoms with van der Waals surface area (Å²) >= 11 is 0. The summed E-state index contributed by atoms with van der Waals surface area (Å²) in [6, 6.07) is 8.55. The predicted octanol–water partition coefficient (Wildman–Crippen LogP) is 3.93. The molecule has 0 aromatic heterocycles. The quantitative estimate of drug-likeness (QED) is 0.756. The van der Waals surface area contributed by atoms with Crippen LogP contribution in [0.2, 0.25) is 0 Å². The molecule has 1 aromatic rings. The molecular weight excluding hydrogens is 194 g/mol. The van der Waals surface area contributed by atoms with E-state index in [9.17, 15) is 0 Å². The molecule has 0 heterocycles. The van der Waals surface area contributed by atoms with E-state index in [4.69, 9.17) is 0 Å². The molecule has 0 spiro atoms. The standard InChI is InChI=1S/C9H13N.C6H12/c1-8-3-5-9(6-4-8)7-10-2;1-4-5-6(2)3/h3-6,10H,7H2,1-2H3;4,6H,1,5H2,2-3H3. The number of hydrogen-bond acceptors (Lipinski definition) is 1. The van der Waals surface area contributed by atoms with Gasteiger partial charge in [0, 0.05) is 6.54 Å². The SMILES string of the molecule is C=CCC(C)C.CNCc1ccc(C)cc1. The van der Waals surface area contributed by atoms with Crippen molar-refractivity contribution < 1.29 is 0 Å². The molecule has 1 aromatic carbocycles. The van der Waals surface area contributed by atoms with Crippen LogP contribution in [0.3, 0.4) is 0 Å². The van der Waals surface area contributed by atoms with Gasteiger partial charge in [0.05, 0.1) is 0 Å². The maximum Gasteiger partial charge on any atom is 0.0202 e. The van der Waals surface area contributed by atoms with E-state index in [0.717, 1.165) is 18.9 Å². The fourth-order valence-corrected chi connectivity index (χ4v) is 1.24. The molecule has 0 saturated carbocycles. The molecule has 0 fully saturated rings. The van der Waals surface area contributed by atoms with Gasteiger partial charge in [0.15, 0.2) is 0 Å². The molecule has 0 unspecified atom stereocenters. The Kier molecular flexibility index (Phi) is 8.55. The summed E-state index contributed by atoms with van der Waals surface area (Å²) in [7, 11) is 1.96. The first-order valence-electron chi connectivity index (χ1n) is 5.91. The smallest absolute Gasteiger partial charge is 0.0202 e. The van der Waals surface area contributed by atoms with E-state index in [1.54, 1.807) is 0 Å². The first kappa shape index (κ1) is 14.9. The van der Waals surface area contributed by atoms with E-state index >= 15 is 0 Å². The Morgan fingerprint density at radius 1 is 1.25 bits per heavy atom. The monoisotopic (exact) mass is 219 g/mol. The third-order valence-electron chi connectivity index (χ3n) is 2.14. The van der Waals surface area contributed by atoms with Crippen molar-refractivity contribution >= 4 is 0 Å². The van der Waals surface area contributed by atoms with Gasteiger partial charge in [-0.2, -0.15) is 0 Å². The zero-order valence-corrected chi connectivity index (χ0v) is 11.1. The fraction of sp³-hybridized carbons (Fsp3) is 0.467. The van der Waals surface area contributed by atoms with Crippen LogP contribution < -0.4 is 5.32 Å². The third-order valence-corrected chi connectivity index (χ3v) is 2.14. The molecule has 0 aliphatic rings. The molecule has 1 N–H and O–H groups in total. The van der Waals surface area contributed by atoms with E-state index in [1.165, 1.54) is 11.1 Å². The average Bonchev–Trinajstić information content (AvgIpc) is 2.22. The summed E-state index contributed by atoms with van der Waals surface area (Å²) in [6.07, 6.45) is 3.09. The Balaban J connectivity index is 0.000000325. The highest BCUT2D eigenvalue weighted by Crippen LogP contribution is 2.01. The summed E-state index contributed by atoms with van der Waals surface area (Å²) in [5.74, 6) is 0.780. The van der Waals surface area contributed by atoms with Crippen molar-refractivity contribution in [3.8, 4) is 0 Å². The Hall–Kier alpha value is -1.08. The van der Waals surface area contributed by atoms with Crippen LogP contribution in [-0.4, -0.2) is 7.05 Å².